The van der Waals surface area contributed by atoms with Gasteiger partial charge in [-0.25, -0.2) is 13.4 Å². The van der Waals surface area contributed by atoms with Crippen LogP contribution in [0.1, 0.15) is 16.8 Å². The predicted octanol–water partition coefficient (Wildman–Crippen LogP) is 1.97. The van der Waals surface area contributed by atoms with Gasteiger partial charge in [0.25, 0.3) is 5.91 Å². The molecule has 2 heterocycles. The molecule has 8 heteroatoms. The van der Waals surface area contributed by atoms with E-state index < -0.39 is 9.84 Å². The Balaban J connectivity index is 1.75. The van der Waals surface area contributed by atoms with E-state index in [0.29, 0.717) is 29.2 Å². The molecule has 0 saturated carbocycles. The van der Waals surface area contributed by atoms with Gasteiger partial charge < -0.3 is 15.0 Å². The van der Waals surface area contributed by atoms with Gasteiger partial charge >= 0.3 is 0 Å². The van der Waals surface area contributed by atoms with E-state index in [9.17, 15) is 13.2 Å². The summed E-state index contributed by atoms with van der Waals surface area (Å²) < 4.78 is 28.5. The Labute approximate surface area is 152 Å². The summed E-state index contributed by atoms with van der Waals surface area (Å²) in [6, 6.07) is 10.3. The Kier molecular flexibility index (Phi) is 5.13. The topological polar surface area (TPSA) is 88.6 Å². The smallest absolute Gasteiger partial charge is 0.255 e. The molecule has 0 bridgehead atoms. The first-order valence-corrected chi connectivity index (χ1v) is 10.0. The third-order valence-electron chi connectivity index (χ3n) is 4.45. The van der Waals surface area contributed by atoms with Gasteiger partial charge in [0.05, 0.1) is 18.6 Å². The van der Waals surface area contributed by atoms with Crippen molar-refractivity contribution in [3.63, 3.8) is 0 Å². The summed E-state index contributed by atoms with van der Waals surface area (Å²) in [7, 11) is 0.385. The minimum atomic E-state index is -2.98. The van der Waals surface area contributed by atoms with E-state index >= 15 is 0 Å². The third-order valence-corrected chi connectivity index (χ3v) is 6.20. The highest BCUT2D eigenvalue weighted by molar-refractivity contribution is 7.91. The molecule has 1 N–H and O–H groups in total. The number of methoxy groups -OCH3 is 1. The standard InChI is InChI=1S/C18H21N3O4S/c1-21(15-7-9-26(23,24)12-15)17-10-13(6-8-19-17)18(22)20-14-4-3-5-16(11-14)25-2/h3-6,8,10-11,15H,7,9,12H2,1-2H3,(H,20,22). The van der Waals surface area contributed by atoms with Gasteiger partial charge in [0.1, 0.15) is 11.6 Å². The molecule has 2 aromatic rings. The van der Waals surface area contributed by atoms with Crippen LogP contribution in [0.4, 0.5) is 11.5 Å². The van der Waals surface area contributed by atoms with Crippen LogP contribution in [0.15, 0.2) is 42.6 Å². The number of pyridine rings is 1. The number of anilines is 2. The number of benzene rings is 1. The van der Waals surface area contributed by atoms with Crippen molar-refractivity contribution < 1.29 is 17.9 Å². The first-order valence-electron chi connectivity index (χ1n) is 8.23. The Morgan fingerprint density at radius 2 is 2.12 bits per heavy atom. The molecule has 138 valence electrons. The lowest BCUT2D eigenvalue weighted by molar-refractivity contribution is 0.102. The maximum Gasteiger partial charge on any atom is 0.255 e. The van der Waals surface area contributed by atoms with E-state index in [1.807, 2.05) is 4.90 Å². The van der Waals surface area contributed by atoms with Crippen LogP contribution in [-0.4, -0.2) is 51.0 Å². The van der Waals surface area contributed by atoms with Crippen LogP contribution in [0.25, 0.3) is 0 Å². The summed E-state index contributed by atoms with van der Waals surface area (Å²) in [5.41, 5.74) is 1.08. The van der Waals surface area contributed by atoms with E-state index in [0.717, 1.165) is 0 Å². The number of ether oxygens (including phenoxy) is 1. The van der Waals surface area contributed by atoms with Crippen molar-refractivity contribution in [3.8, 4) is 5.75 Å². The predicted molar refractivity (Wildman–Crippen MR) is 101 cm³/mol. The molecule has 0 radical (unpaired) electrons. The quantitative estimate of drug-likeness (QED) is 0.859. The largest absolute Gasteiger partial charge is 0.497 e. The van der Waals surface area contributed by atoms with Crippen LogP contribution in [0.3, 0.4) is 0 Å². The second-order valence-electron chi connectivity index (χ2n) is 6.26. The molecular weight excluding hydrogens is 354 g/mol. The highest BCUT2D eigenvalue weighted by Gasteiger charge is 2.31. The van der Waals surface area contributed by atoms with Gasteiger partial charge in [-0.2, -0.15) is 0 Å². The summed E-state index contributed by atoms with van der Waals surface area (Å²) in [6.45, 7) is 0. The Morgan fingerprint density at radius 3 is 2.81 bits per heavy atom. The molecule has 7 nitrogen and oxygen atoms in total. The molecule has 1 aliphatic rings. The molecule has 1 saturated heterocycles. The van der Waals surface area contributed by atoms with Crippen LogP contribution in [0, 0.1) is 0 Å². The fourth-order valence-corrected chi connectivity index (χ4v) is 4.70. The first kappa shape index (κ1) is 18.2. The van der Waals surface area contributed by atoms with Crippen molar-refractivity contribution in [1.29, 1.82) is 0 Å². The lowest BCUT2D eigenvalue weighted by atomic mass is 10.2. The lowest BCUT2D eigenvalue weighted by Gasteiger charge is -2.24. The Hall–Kier alpha value is -2.61. The number of carbonyl (C=O) groups excluding carboxylic acids is 1. The molecule has 3 rings (SSSR count). The number of nitrogens with one attached hydrogen (secondary N) is 1. The van der Waals surface area contributed by atoms with Crippen molar-refractivity contribution in [2.24, 2.45) is 0 Å². The molecule has 1 amide bonds. The normalized spacial score (nSPS) is 18.3. The van der Waals surface area contributed by atoms with Gasteiger partial charge in [-0.3, -0.25) is 4.79 Å². The van der Waals surface area contributed by atoms with Gasteiger partial charge in [0.2, 0.25) is 0 Å². The Bertz CT molecular complexity index is 914. The zero-order valence-corrected chi connectivity index (χ0v) is 15.5. The van der Waals surface area contributed by atoms with Gasteiger partial charge in [0, 0.05) is 36.6 Å². The average molecular weight is 375 g/mol. The lowest BCUT2D eigenvalue weighted by Crippen LogP contribution is -2.33. The summed E-state index contributed by atoms with van der Waals surface area (Å²) in [4.78, 5) is 18.6. The molecule has 1 aromatic carbocycles. The summed E-state index contributed by atoms with van der Waals surface area (Å²) >= 11 is 0. The summed E-state index contributed by atoms with van der Waals surface area (Å²) in [5, 5.41) is 2.82. The van der Waals surface area contributed by atoms with E-state index in [2.05, 4.69) is 10.3 Å². The second kappa shape index (κ2) is 7.33. The zero-order chi connectivity index (χ0) is 18.7. The summed E-state index contributed by atoms with van der Waals surface area (Å²) in [6.07, 6.45) is 2.12. The highest BCUT2D eigenvalue weighted by Crippen LogP contribution is 2.23. The van der Waals surface area contributed by atoms with Crippen LogP contribution in [0.5, 0.6) is 5.75 Å². The van der Waals surface area contributed by atoms with Crippen LogP contribution < -0.4 is 15.0 Å². The van der Waals surface area contributed by atoms with Crippen molar-refractivity contribution >= 4 is 27.2 Å². The number of hydrogen-bond acceptors (Lipinski definition) is 6. The van der Waals surface area contributed by atoms with Crippen molar-refractivity contribution in [2.75, 3.05) is 35.9 Å². The fourth-order valence-electron chi connectivity index (χ4n) is 2.92. The van der Waals surface area contributed by atoms with Gasteiger partial charge in [-0.15, -0.1) is 0 Å². The zero-order valence-electron chi connectivity index (χ0n) is 14.7. The molecule has 1 aromatic heterocycles. The number of hydrogen-bond donors (Lipinski definition) is 1. The van der Waals surface area contributed by atoms with E-state index in [1.165, 1.54) is 0 Å². The monoisotopic (exact) mass is 375 g/mol. The van der Waals surface area contributed by atoms with E-state index in [-0.39, 0.29) is 23.5 Å². The van der Waals surface area contributed by atoms with E-state index in [4.69, 9.17) is 4.74 Å². The van der Waals surface area contributed by atoms with Gasteiger partial charge in [-0.1, -0.05) is 6.07 Å². The number of sulfone groups is 1. The molecular formula is C18H21N3O4S. The van der Waals surface area contributed by atoms with Gasteiger partial charge in [-0.05, 0) is 30.7 Å². The second-order valence-corrected chi connectivity index (χ2v) is 8.49. The van der Waals surface area contributed by atoms with Crippen molar-refractivity contribution in [1.82, 2.24) is 4.98 Å². The first-order chi connectivity index (χ1) is 12.4. The highest BCUT2D eigenvalue weighted by atomic mass is 32.2. The molecule has 1 unspecified atom stereocenters. The number of nitrogens with zero attached hydrogens (tertiary/aromatic N) is 2. The number of amides is 1. The SMILES string of the molecule is COc1cccc(NC(=O)c2ccnc(N(C)C3CCS(=O)(=O)C3)c2)c1. The molecule has 1 fully saturated rings. The van der Waals surface area contributed by atoms with E-state index in [1.54, 1.807) is 56.8 Å². The van der Waals surface area contributed by atoms with Crippen LogP contribution >= 0.6 is 0 Å². The summed E-state index contributed by atoms with van der Waals surface area (Å²) in [5.74, 6) is 1.27. The number of aromatic nitrogens is 1. The maximum absolute atomic E-state index is 12.5. The minimum absolute atomic E-state index is 0.116. The maximum atomic E-state index is 12.5. The Morgan fingerprint density at radius 1 is 1.31 bits per heavy atom. The molecule has 1 atom stereocenters. The third kappa shape index (κ3) is 4.13. The number of rotatable bonds is 5. The average Bonchev–Trinajstić information content (AvgIpc) is 3.01. The molecule has 1 aliphatic heterocycles. The molecule has 0 aliphatic carbocycles. The van der Waals surface area contributed by atoms with Crippen LogP contribution in [0.2, 0.25) is 0 Å². The number of carbonyl (C=O) groups is 1. The van der Waals surface area contributed by atoms with Crippen molar-refractivity contribution in [2.45, 2.75) is 12.5 Å². The fraction of sp³-hybridized carbons (Fsp3) is 0.333. The minimum Gasteiger partial charge on any atom is -0.497 e. The molecule has 0 spiro atoms. The van der Waals surface area contributed by atoms with Gasteiger partial charge in [0.15, 0.2) is 9.84 Å². The van der Waals surface area contributed by atoms with Crippen LogP contribution in [-0.2, 0) is 9.84 Å². The molecule has 26 heavy (non-hydrogen) atoms. The van der Waals surface area contributed by atoms with Crippen molar-refractivity contribution in [3.05, 3.63) is 48.2 Å².